The van der Waals surface area contributed by atoms with Gasteiger partial charge in [-0.3, -0.25) is 9.59 Å². The molecule has 5 nitrogen and oxygen atoms in total. The van der Waals surface area contributed by atoms with Gasteiger partial charge in [0.25, 0.3) is 0 Å². The molecule has 2 rings (SSSR count). The van der Waals surface area contributed by atoms with E-state index in [0.29, 0.717) is 34.4 Å². The third-order valence-corrected chi connectivity index (χ3v) is 4.38. The average molecular weight is 395 g/mol. The molecule has 26 heavy (non-hydrogen) atoms. The van der Waals surface area contributed by atoms with Crippen molar-refractivity contribution < 1.29 is 14.3 Å². The maximum atomic E-state index is 12.1. The summed E-state index contributed by atoms with van der Waals surface area (Å²) in [6.45, 7) is 2.26. The Morgan fingerprint density at radius 2 is 1.77 bits per heavy atom. The highest BCUT2D eigenvalue weighted by atomic mass is 35.5. The second kappa shape index (κ2) is 9.46. The molecule has 0 spiro atoms. The zero-order chi connectivity index (χ0) is 19.1. The van der Waals surface area contributed by atoms with Gasteiger partial charge in [-0.15, -0.1) is 0 Å². The number of aryl methyl sites for hydroxylation is 1. The second-order valence-corrected chi connectivity index (χ2v) is 6.60. The lowest BCUT2D eigenvalue weighted by molar-refractivity contribution is -0.126. The van der Waals surface area contributed by atoms with Crippen molar-refractivity contribution in [3.8, 4) is 5.75 Å². The highest BCUT2D eigenvalue weighted by Crippen LogP contribution is 2.30. The highest BCUT2D eigenvalue weighted by Gasteiger charge is 2.13. The summed E-state index contributed by atoms with van der Waals surface area (Å²) in [5.74, 6) is -0.327. The van der Waals surface area contributed by atoms with E-state index in [2.05, 4.69) is 10.6 Å². The van der Waals surface area contributed by atoms with Gasteiger partial charge in [-0.05, 0) is 42.7 Å². The smallest absolute Gasteiger partial charge is 0.233 e. The van der Waals surface area contributed by atoms with Gasteiger partial charge in [0.15, 0.2) is 0 Å². The van der Waals surface area contributed by atoms with Crippen molar-refractivity contribution in [2.75, 3.05) is 19.0 Å². The molecule has 2 aromatic rings. The third-order valence-electron chi connectivity index (χ3n) is 3.73. The summed E-state index contributed by atoms with van der Waals surface area (Å²) < 4.78 is 5.20. The molecule has 138 valence electrons. The molecule has 0 atom stereocenters. The lowest BCUT2D eigenvalue weighted by Crippen LogP contribution is -2.29. The highest BCUT2D eigenvalue weighted by molar-refractivity contribution is 6.31. The van der Waals surface area contributed by atoms with Gasteiger partial charge in [0.05, 0.1) is 12.8 Å². The van der Waals surface area contributed by atoms with E-state index in [0.717, 1.165) is 11.1 Å². The molecule has 0 unspecified atom stereocenters. The minimum Gasteiger partial charge on any atom is -0.495 e. The number of halogens is 2. The van der Waals surface area contributed by atoms with Gasteiger partial charge >= 0.3 is 0 Å². The maximum Gasteiger partial charge on any atom is 0.233 e. The van der Waals surface area contributed by atoms with Gasteiger partial charge in [0.1, 0.15) is 12.2 Å². The van der Waals surface area contributed by atoms with E-state index >= 15 is 0 Å². The predicted molar refractivity (Wildman–Crippen MR) is 104 cm³/mol. The van der Waals surface area contributed by atoms with Crippen LogP contribution >= 0.6 is 23.2 Å². The van der Waals surface area contributed by atoms with E-state index in [1.54, 1.807) is 24.3 Å². The van der Waals surface area contributed by atoms with Crippen LogP contribution in [-0.4, -0.2) is 25.5 Å². The molecular weight excluding hydrogens is 375 g/mol. The number of carbonyl (C=O) groups is 2. The summed E-state index contributed by atoms with van der Waals surface area (Å²) in [6, 6.07) is 10.7. The molecular formula is C19H20Cl2N2O3. The molecule has 0 saturated carbocycles. The molecule has 2 N–H and O–H groups in total. The van der Waals surface area contributed by atoms with E-state index in [4.69, 9.17) is 27.9 Å². The lowest BCUT2D eigenvalue weighted by atomic mass is 10.1. The Kier molecular flexibility index (Phi) is 7.30. The van der Waals surface area contributed by atoms with E-state index in [1.165, 1.54) is 7.11 Å². The Morgan fingerprint density at radius 1 is 1.08 bits per heavy atom. The number of anilines is 1. The van der Waals surface area contributed by atoms with E-state index < -0.39 is 5.91 Å². The van der Waals surface area contributed by atoms with Crippen LogP contribution in [0.25, 0.3) is 0 Å². The van der Waals surface area contributed by atoms with Gasteiger partial charge in [-0.2, -0.15) is 0 Å². The molecule has 2 aromatic carbocycles. The molecule has 0 aliphatic rings. The van der Waals surface area contributed by atoms with E-state index in [-0.39, 0.29) is 12.3 Å². The number of ether oxygens (including phenoxy) is 1. The fourth-order valence-corrected chi connectivity index (χ4v) is 2.61. The molecule has 7 heteroatoms. The quantitative estimate of drug-likeness (QED) is 0.697. The van der Waals surface area contributed by atoms with Crippen LogP contribution in [-0.2, 0) is 16.0 Å². The number of benzene rings is 2. The summed E-state index contributed by atoms with van der Waals surface area (Å²) in [5.41, 5.74) is 2.34. The predicted octanol–water partition coefficient (Wildman–Crippen LogP) is 4.00. The first-order chi connectivity index (χ1) is 12.4. The van der Waals surface area contributed by atoms with Crippen molar-refractivity contribution >= 4 is 40.7 Å². The summed E-state index contributed by atoms with van der Waals surface area (Å²) >= 11 is 11.9. The molecule has 0 heterocycles. The van der Waals surface area contributed by atoms with Gasteiger partial charge in [-0.25, -0.2) is 0 Å². The topological polar surface area (TPSA) is 67.4 Å². The van der Waals surface area contributed by atoms with Crippen LogP contribution in [0.5, 0.6) is 5.75 Å². The van der Waals surface area contributed by atoms with Crippen LogP contribution in [0.1, 0.15) is 17.5 Å². The Balaban J connectivity index is 1.83. The number of amides is 2. The maximum absolute atomic E-state index is 12.1. The van der Waals surface area contributed by atoms with Crippen LogP contribution in [0.3, 0.4) is 0 Å². The Morgan fingerprint density at radius 3 is 2.42 bits per heavy atom. The molecule has 0 bridgehead atoms. The van der Waals surface area contributed by atoms with Crippen molar-refractivity contribution in [3.05, 3.63) is 57.6 Å². The zero-order valence-electron chi connectivity index (χ0n) is 14.6. The Bertz CT molecular complexity index is 792. The van der Waals surface area contributed by atoms with Crippen LogP contribution in [0.4, 0.5) is 5.69 Å². The minimum absolute atomic E-state index is 0.272. The van der Waals surface area contributed by atoms with Crippen LogP contribution in [0.15, 0.2) is 36.4 Å². The van der Waals surface area contributed by atoms with Crippen molar-refractivity contribution in [1.82, 2.24) is 5.32 Å². The zero-order valence-corrected chi connectivity index (χ0v) is 16.1. The average Bonchev–Trinajstić information content (AvgIpc) is 2.59. The van der Waals surface area contributed by atoms with Gasteiger partial charge in [0.2, 0.25) is 11.8 Å². The number of hydrogen-bond acceptors (Lipinski definition) is 3. The standard InChI is InChI=1S/C19H20Cl2N2O3/c1-12-9-16(17(26-2)10-15(12)21)23-19(25)11-18(24)22-8-7-13-3-5-14(20)6-4-13/h3-6,9-10H,7-8,11H2,1-2H3,(H,22,24)(H,23,25). The summed E-state index contributed by atoms with van der Waals surface area (Å²) in [6.07, 6.45) is 0.389. The molecule has 0 fully saturated rings. The molecule has 0 radical (unpaired) electrons. The molecule has 0 saturated heterocycles. The third kappa shape index (κ3) is 5.93. The lowest BCUT2D eigenvalue weighted by Gasteiger charge is -2.12. The summed E-state index contributed by atoms with van der Waals surface area (Å²) in [7, 11) is 1.49. The first-order valence-corrected chi connectivity index (χ1v) is 8.79. The SMILES string of the molecule is COc1cc(Cl)c(C)cc1NC(=O)CC(=O)NCCc1ccc(Cl)cc1. The van der Waals surface area contributed by atoms with Crippen molar-refractivity contribution in [2.24, 2.45) is 0 Å². The van der Waals surface area contributed by atoms with Crippen LogP contribution in [0, 0.1) is 6.92 Å². The molecule has 0 aliphatic heterocycles. The normalized spacial score (nSPS) is 10.3. The van der Waals surface area contributed by atoms with Gasteiger partial charge < -0.3 is 15.4 Å². The summed E-state index contributed by atoms with van der Waals surface area (Å²) in [5, 5.41) is 6.61. The van der Waals surface area contributed by atoms with Crippen LogP contribution < -0.4 is 15.4 Å². The van der Waals surface area contributed by atoms with E-state index in [9.17, 15) is 9.59 Å². The fourth-order valence-electron chi connectivity index (χ4n) is 2.33. The number of hydrogen-bond donors (Lipinski definition) is 2. The van der Waals surface area contributed by atoms with Crippen molar-refractivity contribution in [1.29, 1.82) is 0 Å². The van der Waals surface area contributed by atoms with Crippen molar-refractivity contribution in [2.45, 2.75) is 19.8 Å². The van der Waals surface area contributed by atoms with Gasteiger partial charge in [-0.1, -0.05) is 35.3 Å². The number of nitrogens with one attached hydrogen (secondary N) is 2. The van der Waals surface area contributed by atoms with Crippen molar-refractivity contribution in [3.63, 3.8) is 0 Å². The van der Waals surface area contributed by atoms with Gasteiger partial charge in [0, 0.05) is 22.7 Å². The van der Waals surface area contributed by atoms with Crippen LogP contribution in [0.2, 0.25) is 10.0 Å². The molecule has 2 amide bonds. The molecule has 0 aliphatic carbocycles. The minimum atomic E-state index is -0.422. The number of rotatable bonds is 7. The number of carbonyl (C=O) groups excluding carboxylic acids is 2. The molecule has 0 aromatic heterocycles. The van der Waals surface area contributed by atoms with E-state index in [1.807, 2.05) is 19.1 Å². The summed E-state index contributed by atoms with van der Waals surface area (Å²) in [4.78, 5) is 24.0. The monoisotopic (exact) mass is 394 g/mol. The number of methoxy groups -OCH3 is 1. The Hall–Kier alpha value is -2.24. The first-order valence-electron chi connectivity index (χ1n) is 8.04. The largest absolute Gasteiger partial charge is 0.495 e. The Labute approximate surface area is 162 Å². The first kappa shape index (κ1) is 20.1. The second-order valence-electron chi connectivity index (χ2n) is 5.75. The fraction of sp³-hybridized carbons (Fsp3) is 0.263.